The second kappa shape index (κ2) is 3.83. The summed E-state index contributed by atoms with van der Waals surface area (Å²) in [6.07, 6.45) is 1.59. The predicted octanol–water partition coefficient (Wildman–Crippen LogP) is 1.76. The van der Waals surface area contributed by atoms with Gasteiger partial charge in [-0.25, -0.2) is 4.98 Å². The molecule has 0 fully saturated rings. The Labute approximate surface area is 70.9 Å². The van der Waals surface area contributed by atoms with Crippen molar-refractivity contribution in [3.05, 3.63) is 16.1 Å². The van der Waals surface area contributed by atoms with Gasteiger partial charge in [0, 0.05) is 4.88 Å². The first-order chi connectivity index (χ1) is 5.20. The molecule has 1 unspecified atom stereocenters. The summed E-state index contributed by atoms with van der Waals surface area (Å²) in [6, 6.07) is 0. The highest BCUT2D eigenvalue weighted by atomic mass is 32.1. The molecule has 62 valence electrons. The van der Waals surface area contributed by atoms with E-state index in [2.05, 4.69) is 4.98 Å². The number of aromatic nitrogens is 1. The predicted molar refractivity (Wildman–Crippen MR) is 46.9 cm³/mol. The smallest absolute Gasteiger partial charge is 0.0797 e. The summed E-state index contributed by atoms with van der Waals surface area (Å²) in [5.41, 5.74) is 2.96. The molecule has 1 aromatic rings. The second-order valence-corrected chi connectivity index (χ2v) is 3.69. The van der Waals surface area contributed by atoms with E-state index < -0.39 is 0 Å². The molecule has 0 aliphatic carbocycles. The van der Waals surface area contributed by atoms with Gasteiger partial charge in [0.1, 0.15) is 0 Å². The Kier molecular flexibility index (Phi) is 3.02. The van der Waals surface area contributed by atoms with E-state index in [9.17, 15) is 0 Å². The number of hydrogen-bond donors (Lipinski definition) is 1. The van der Waals surface area contributed by atoms with E-state index in [0.29, 0.717) is 0 Å². The molecule has 3 heteroatoms. The lowest BCUT2D eigenvalue weighted by molar-refractivity contribution is 0.185. The summed E-state index contributed by atoms with van der Waals surface area (Å²) >= 11 is 1.67. The van der Waals surface area contributed by atoms with Crippen LogP contribution in [0.15, 0.2) is 5.51 Å². The average molecular weight is 171 g/mol. The Morgan fingerprint density at radius 3 is 2.91 bits per heavy atom. The fraction of sp³-hybridized carbons (Fsp3) is 0.625. The average Bonchev–Trinajstić information content (AvgIpc) is 2.31. The Balaban J connectivity index is 2.44. The van der Waals surface area contributed by atoms with Crippen LogP contribution in [0.5, 0.6) is 0 Å². The Hall–Kier alpha value is -0.410. The van der Waals surface area contributed by atoms with Crippen LogP contribution in [0, 0.1) is 6.92 Å². The minimum Gasteiger partial charge on any atom is -0.393 e. The lowest BCUT2D eigenvalue weighted by Crippen LogP contribution is -2.00. The maximum absolute atomic E-state index is 9.03. The molecule has 1 aromatic heterocycles. The molecule has 2 nitrogen and oxygen atoms in total. The van der Waals surface area contributed by atoms with E-state index in [-0.39, 0.29) is 6.10 Å². The molecular weight excluding hydrogens is 158 g/mol. The molecule has 0 saturated heterocycles. The van der Waals surface area contributed by atoms with Crippen molar-refractivity contribution in [2.75, 3.05) is 0 Å². The number of thiazole rings is 1. The van der Waals surface area contributed by atoms with Crippen molar-refractivity contribution in [1.82, 2.24) is 4.98 Å². The van der Waals surface area contributed by atoms with Crippen molar-refractivity contribution in [3.8, 4) is 0 Å². The van der Waals surface area contributed by atoms with E-state index in [1.807, 2.05) is 19.4 Å². The van der Waals surface area contributed by atoms with Crippen molar-refractivity contribution in [2.45, 2.75) is 32.8 Å². The van der Waals surface area contributed by atoms with Gasteiger partial charge < -0.3 is 5.11 Å². The summed E-state index contributed by atoms with van der Waals surface area (Å²) in [6.45, 7) is 3.82. The van der Waals surface area contributed by atoms with Crippen LogP contribution in [0.2, 0.25) is 0 Å². The highest BCUT2D eigenvalue weighted by Crippen LogP contribution is 2.14. The molecule has 0 spiro atoms. The number of rotatable bonds is 3. The highest BCUT2D eigenvalue weighted by Gasteiger charge is 2.02. The van der Waals surface area contributed by atoms with Crippen molar-refractivity contribution >= 4 is 11.3 Å². The normalized spacial score (nSPS) is 13.4. The third-order valence-corrected chi connectivity index (χ3v) is 2.63. The lowest BCUT2D eigenvalue weighted by Gasteiger charge is -2.01. The first kappa shape index (κ1) is 8.68. The molecule has 1 rings (SSSR count). The molecule has 1 heterocycles. The molecule has 0 aromatic carbocycles. The van der Waals surface area contributed by atoms with E-state index in [1.165, 1.54) is 4.88 Å². The molecular formula is C8H13NOS. The molecule has 0 saturated carbocycles. The van der Waals surface area contributed by atoms with Crippen LogP contribution in [0.3, 0.4) is 0 Å². The third-order valence-electron chi connectivity index (χ3n) is 1.63. The first-order valence-electron chi connectivity index (χ1n) is 3.77. The van der Waals surface area contributed by atoms with Crippen LogP contribution in [0.4, 0.5) is 0 Å². The van der Waals surface area contributed by atoms with Crippen LogP contribution in [0.1, 0.15) is 23.9 Å². The molecule has 0 aliphatic heterocycles. The molecule has 11 heavy (non-hydrogen) atoms. The molecule has 0 aliphatic rings. The van der Waals surface area contributed by atoms with Gasteiger partial charge in [-0.3, -0.25) is 0 Å². The third kappa shape index (κ3) is 2.60. The zero-order valence-corrected chi connectivity index (χ0v) is 7.69. The van der Waals surface area contributed by atoms with Crippen molar-refractivity contribution < 1.29 is 5.11 Å². The summed E-state index contributed by atoms with van der Waals surface area (Å²) in [5, 5.41) is 9.03. The van der Waals surface area contributed by atoms with Gasteiger partial charge in [0.15, 0.2) is 0 Å². The van der Waals surface area contributed by atoms with E-state index in [0.717, 1.165) is 18.5 Å². The van der Waals surface area contributed by atoms with Crippen LogP contribution in [-0.4, -0.2) is 16.2 Å². The van der Waals surface area contributed by atoms with Gasteiger partial charge in [-0.15, -0.1) is 11.3 Å². The molecule has 0 radical (unpaired) electrons. The molecule has 0 amide bonds. The first-order valence-corrected chi connectivity index (χ1v) is 4.65. The zero-order valence-electron chi connectivity index (χ0n) is 6.87. The van der Waals surface area contributed by atoms with Gasteiger partial charge >= 0.3 is 0 Å². The minimum absolute atomic E-state index is 0.198. The number of nitrogens with zero attached hydrogens (tertiary/aromatic N) is 1. The number of aliphatic hydroxyl groups excluding tert-OH is 1. The Morgan fingerprint density at radius 2 is 2.45 bits per heavy atom. The SMILES string of the molecule is Cc1ncsc1CCC(C)O. The summed E-state index contributed by atoms with van der Waals surface area (Å²) in [7, 11) is 0. The fourth-order valence-corrected chi connectivity index (χ4v) is 1.70. The minimum atomic E-state index is -0.198. The zero-order chi connectivity index (χ0) is 8.27. The maximum atomic E-state index is 9.03. The summed E-state index contributed by atoms with van der Waals surface area (Å²) in [5.74, 6) is 0. The van der Waals surface area contributed by atoms with E-state index in [4.69, 9.17) is 5.11 Å². The van der Waals surface area contributed by atoms with Gasteiger partial charge in [-0.1, -0.05) is 0 Å². The van der Waals surface area contributed by atoms with Gasteiger partial charge in [-0.05, 0) is 26.7 Å². The van der Waals surface area contributed by atoms with Crippen molar-refractivity contribution in [2.24, 2.45) is 0 Å². The summed E-state index contributed by atoms with van der Waals surface area (Å²) < 4.78 is 0. The topological polar surface area (TPSA) is 33.1 Å². The Morgan fingerprint density at radius 1 is 1.73 bits per heavy atom. The molecule has 1 N–H and O–H groups in total. The van der Waals surface area contributed by atoms with Crippen LogP contribution < -0.4 is 0 Å². The summed E-state index contributed by atoms with van der Waals surface area (Å²) in [4.78, 5) is 5.43. The van der Waals surface area contributed by atoms with E-state index in [1.54, 1.807) is 11.3 Å². The van der Waals surface area contributed by atoms with Gasteiger partial charge in [0.05, 0.1) is 17.3 Å². The van der Waals surface area contributed by atoms with Crippen LogP contribution >= 0.6 is 11.3 Å². The van der Waals surface area contributed by atoms with Gasteiger partial charge in [0.25, 0.3) is 0 Å². The highest BCUT2D eigenvalue weighted by molar-refractivity contribution is 7.09. The second-order valence-electron chi connectivity index (χ2n) is 2.75. The number of hydrogen-bond acceptors (Lipinski definition) is 3. The fourth-order valence-electron chi connectivity index (χ4n) is 0.906. The van der Waals surface area contributed by atoms with Gasteiger partial charge in [-0.2, -0.15) is 0 Å². The Bertz CT molecular complexity index is 220. The van der Waals surface area contributed by atoms with Crippen molar-refractivity contribution in [1.29, 1.82) is 0 Å². The lowest BCUT2D eigenvalue weighted by atomic mass is 10.2. The quantitative estimate of drug-likeness (QED) is 0.751. The number of aryl methyl sites for hydroxylation is 2. The standard InChI is InChI=1S/C8H13NOS/c1-6(10)3-4-8-7(2)9-5-11-8/h5-6,10H,3-4H2,1-2H3. The largest absolute Gasteiger partial charge is 0.393 e. The van der Waals surface area contributed by atoms with Crippen molar-refractivity contribution in [3.63, 3.8) is 0 Å². The van der Waals surface area contributed by atoms with Crippen LogP contribution in [0.25, 0.3) is 0 Å². The molecule has 0 bridgehead atoms. The maximum Gasteiger partial charge on any atom is 0.0797 e. The van der Waals surface area contributed by atoms with E-state index >= 15 is 0 Å². The monoisotopic (exact) mass is 171 g/mol. The number of aliphatic hydroxyl groups is 1. The van der Waals surface area contributed by atoms with Gasteiger partial charge in [0.2, 0.25) is 0 Å². The molecule has 1 atom stereocenters. The van der Waals surface area contributed by atoms with Crippen LogP contribution in [-0.2, 0) is 6.42 Å².